The molecule has 0 spiro atoms. The van der Waals surface area contributed by atoms with Gasteiger partial charge in [-0.15, -0.1) is 0 Å². The summed E-state index contributed by atoms with van der Waals surface area (Å²) in [5.41, 5.74) is 3.40. The standard InChI is InChI=1S/C13H19N3OS/c1-9-6-12(16(3)15-9)7-11-8-14-5-4-13(11)18-10(2)17/h6-7,13-14H,4-5,8H2,1-3H3/b11-7+. The van der Waals surface area contributed by atoms with E-state index in [1.54, 1.807) is 6.92 Å². The van der Waals surface area contributed by atoms with Crippen molar-refractivity contribution < 1.29 is 4.79 Å². The van der Waals surface area contributed by atoms with Crippen molar-refractivity contribution in [1.29, 1.82) is 0 Å². The second-order valence-electron chi connectivity index (χ2n) is 4.62. The molecule has 1 unspecified atom stereocenters. The second kappa shape index (κ2) is 5.71. The van der Waals surface area contributed by atoms with Crippen LogP contribution in [-0.2, 0) is 11.8 Å². The van der Waals surface area contributed by atoms with Crippen LogP contribution in [-0.4, -0.2) is 33.2 Å². The molecule has 0 amide bonds. The Morgan fingerprint density at radius 3 is 3.06 bits per heavy atom. The van der Waals surface area contributed by atoms with Crippen LogP contribution in [0.1, 0.15) is 24.7 Å². The van der Waals surface area contributed by atoms with E-state index in [2.05, 4.69) is 22.6 Å². The highest BCUT2D eigenvalue weighted by Gasteiger charge is 2.21. The van der Waals surface area contributed by atoms with Gasteiger partial charge in [-0.1, -0.05) is 11.8 Å². The van der Waals surface area contributed by atoms with Crippen LogP contribution in [0, 0.1) is 6.92 Å². The maximum Gasteiger partial charge on any atom is 0.186 e. The predicted octanol–water partition coefficient (Wildman–Crippen LogP) is 1.75. The predicted molar refractivity (Wildman–Crippen MR) is 75.5 cm³/mol. The molecule has 1 atom stereocenters. The lowest BCUT2D eigenvalue weighted by Gasteiger charge is -2.24. The molecule has 0 saturated carbocycles. The van der Waals surface area contributed by atoms with E-state index in [1.165, 1.54) is 17.3 Å². The quantitative estimate of drug-likeness (QED) is 0.885. The highest BCUT2D eigenvalue weighted by Crippen LogP contribution is 2.27. The number of hydrogen-bond donors (Lipinski definition) is 1. The fourth-order valence-electron chi connectivity index (χ4n) is 2.20. The summed E-state index contributed by atoms with van der Waals surface area (Å²) in [4.78, 5) is 11.3. The number of carbonyl (C=O) groups excluding carboxylic acids is 1. The molecule has 1 aromatic heterocycles. The molecule has 4 nitrogen and oxygen atoms in total. The first-order valence-corrected chi connectivity index (χ1v) is 7.03. The number of thioether (sulfide) groups is 1. The molecule has 1 N–H and O–H groups in total. The first kappa shape index (κ1) is 13.4. The average molecular weight is 265 g/mol. The molecule has 1 fully saturated rings. The molecule has 0 radical (unpaired) electrons. The number of carbonyl (C=O) groups is 1. The Morgan fingerprint density at radius 1 is 1.67 bits per heavy atom. The van der Waals surface area contributed by atoms with Gasteiger partial charge in [-0.2, -0.15) is 5.10 Å². The molecule has 2 rings (SSSR count). The molecule has 5 heteroatoms. The number of nitrogens with zero attached hydrogens (tertiary/aromatic N) is 2. The first-order chi connectivity index (χ1) is 8.56. The van der Waals surface area contributed by atoms with Gasteiger partial charge < -0.3 is 5.32 Å². The Bertz CT molecular complexity index is 479. The minimum Gasteiger partial charge on any atom is -0.313 e. The van der Waals surface area contributed by atoms with Gasteiger partial charge in [0.05, 0.1) is 11.4 Å². The zero-order valence-electron chi connectivity index (χ0n) is 11.1. The normalized spacial score (nSPS) is 22.4. The van der Waals surface area contributed by atoms with Crippen molar-refractivity contribution in [3.63, 3.8) is 0 Å². The zero-order valence-corrected chi connectivity index (χ0v) is 11.9. The van der Waals surface area contributed by atoms with Crippen molar-refractivity contribution in [2.45, 2.75) is 25.5 Å². The molecule has 1 aromatic rings. The lowest BCUT2D eigenvalue weighted by Crippen LogP contribution is -2.32. The van der Waals surface area contributed by atoms with Crippen LogP contribution in [0.25, 0.3) is 6.08 Å². The lowest BCUT2D eigenvalue weighted by molar-refractivity contribution is -0.109. The van der Waals surface area contributed by atoms with E-state index < -0.39 is 0 Å². The summed E-state index contributed by atoms with van der Waals surface area (Å²) < 4.78 is 1.88. The number of piperidine rings is 1. The zero-order chi connectivity index (χ0) is 13.1. The molecular weight excluding hydrogens is 246 g/mol. The Kier molecular flexibility index (Phi) is 4.24. The van der Waals surface area contributed by atoms with E-state index in [4.69, 9.17) is 0 Å². The fourth-order valence-corrected chi connectivity index (χ4v) is 3.14. The molecule has 0 aliphatic carbocycles. The van der Waals surface area contributed by atoms with Crippen molar-refractivity contribution in [2.75, 3.05) is 13.1 Å². The van der Waals surface area contributed by atoms with Crippen LogP contribution in [0.4, 0.5) is 0 Å². The average Bonchev–Trinajstić information content (AvgIpc) is 2.59. The minimum absolute atomic E-state index is 0.189. The van der Waals surface area contributed by atoms with E-state index in [0.717, 1.165) is 30.9 Å². The van der Waals surface area contributed by atoms with Gasteiger partial charge in [-0.25, -0.2) is 0 Å². The molecule has 1 saturated heterocycles. The molecule has 1 aliphatic heterocycles. The van der Waals surface area contributed by atoms with E-state index >= 15 is 0 Å². The first-order valence-electron chi connectivity index (χ1n) is 6.15. The number of aryl methyl sites for hydroxylation is 2. The molecular formula is C13H19N3OS. The second-order valence-corrected chi connectivity index (χ2v) is 6.00. The van der Waals surface area contributed by atoms with Gasteiger partial charge in [0, 0.05) is 25.8 Å². The molecule has 0 aromatic carbocycles. The van der Waals surface area contributed by atoms with Gasteiger partial charge in [0.15, 0.2) is 5.12 Å². The van der Waals surface area contributed by atoms with Crippen LogP contribution < -0.4 is 5.32 Å². The van der Waals surface area contributed by atoms with E-state index in [9.17, 15) is 4.79 Å². The van der Waals surface area contributed by atoms with Crippen molar-refractivity contribution >= 4 is 23.0 Å². The van der Waals surface area contributed by atoms with Gasteiger partial charge in [-0.3, -0.25) is 9.48 Å². The number of nitrogens with one attached hydrogen (secondary N) is 1. The summed E-state index contributed by atoms with van der Waals surface area (Å²) in [5, 5.41) is 8.20. The third-order valence-electron chi connectivity index (χ3n) is 3.01. The Balaban J connectivity index is 2.22. The third-order valence-corrected chi connectivity index (χ3v) is 4.16. The smallest absolute Gasteiger partial charge is 0.186 e. The summed E-state index contributed by atoms with van der Waals surface area (Å²) in [5.74, 6) is 0. The van der Waals surface area contributed by atoms with Crippen LogP contribution >= 0.6 is 11.8 Å². The number of hydrogen-bond acceptors (Lipinski definition) is 4. The van der Waals surface area contributed by atoms with Gasteiger partial charge in [-0.05, 0) is 37.6 Å². The van der Waals surface area contributed by atoms with Gasteiger partial charge in [0.25, 0.3) is 0 Å². The maximum atomic E-state index is 11.3. The SMILES string of the molecule is CC(=O)SC1CCNC/C1=C\c1cc(C)nn1C. The number of rotatable bonds is 2. The molecule has 18 heavy (non-hydrogen) atoms. The lowest BCUT2D eigenvalue weighted by atomic mass is 10.0. The van der Waals surface area contributed by atoms with Gasteiger partial charge >= 0.3 is 0 Å². The van der Waals surface area contributed by atoms with Crippen molar-refractivity contribution in [1.82, 2.24) is 15.1 Å². The van der Waals surface area contributed by atoms with Crippen molar-refractivity contribution in [3.05, 3.63) is 23.0 Å². The third kappa shape index (κ3) is 3.23. The van der Waals surface area contributed by atoms with Gasteiger partial charge in [0.1, 0.15) is 0 Å². The Hall–Kier alpha value is -1.07. The highest BCUT2D eigenvalue weighted by atomic mass is 32.2. The van der Waals surface area contributed by atoms with E-state index in [1.807, 2.05) is 18.7 Å². The molecule has 2 heterocycles. The number of aromatic nitrogens is 2. The fraction of sp³-hybridized carbons (Fsp3) is 0.538. The monoisotopic (exact) mass is 265 g/mol. The Labute approximate surface area is 112 Å². The van der Waals surface area contributed by atoms with Crippen LogP contribution in [0.2, 0.25) is 0 Å². The summed E-state index contributed by atoms with van der Waals surface area (Å²) in [6.07, 6.45) is 3.17. The minimum atomic E-state index is 0.189. The summed E-state index contributed by atoms with van der Waals surface area (Å²) in [6, 6.07) is 2.07. The van der Waals surface area contributed by atoms with Crippen molar-refractivity contribution in [2.24, 2.45) is 7.05 Å². The van der Waals surface area contributed by atoms with Crippen molar-refractivity contribution in [3.8, 4) is 0 Å². The summed E-state index contributed by atoms with van der Waals surface area (Å²) >= 11 is 1.44. The highest BCUT2D eigenvalue weighted by molar-refractivity contribution is 8.14. The van der Waals surface area contributed by atoms with Gasteiger partial charge in [0.2, 0.25) is 0 Å². The topological polar surface area (TPSA) is 46.9 Å². The summed E-state index contributed by atoms with van der Waals surface area (Å²) in [6.45, 7) is 5.46. The molecule has 98 valence electrons. The Morgan fingerprint density at radius 2 is 2.44 bits per heavy atom. The molecule has 0 bridgehead atoms. The maximum absolute atomic E-state index is 11.3. The van der Waals surface area contributed by atoms with Crippen LogP contribution in [0.3, 0.4) is 0 Å². The largest absolute Gasteiger partial charge is 0.313 e. The van der Waals surface area contributed by atoms with Crippen LogP contribution in [0.15, 0.2) is 11.6 Å². The van der Waals surface area contributed by atoms with Crippen LogP contribution in [0.5, 0.6) is 0 Å². The summed E-state index contributed by atoms with van der Waals surface area (Å²) in [7, 11) is 1.95. The van der Waals surface area contributed by atoms with E-state index in [-0.39, 0.29) is 5.12 Å². The van der Waals surface area contributed by atoms with E-state index in [0.29, 0.717) is 5.25 Å². The molecule has 1 aliphatic rings.